The number of hydrogen-bond acceptors (Lipinski definition) is 6. The molecule has 1 aliphatic rings. The zero-order chi connectivity index (χ0) is 12.9. The molecule has 0 radical (unpaired) electrons. The third-order valence-corrected chi connectivity index (χ3v) is 2.37. The summed E-state index contributed by atoms with van der Waals surface area (Å²) in [4.78, 5) is 23.2. The Morgan fingerprint density at radius 1 is 1.35 bits per heavy atom. The van der Waals surface area contributed by atoms with Crippen LogP contribution in [0.1, 0.15) is 20.3 Å². The topological polar surface area (TPSA) is 88.9 Å². The molecule has 0 bridgehead atoms. The van der Waals surface area contributed by atoms with Gasteiger partial charge in [0.25, 0.3) is 0 Å². The molecule has 0 aliphatic carbocycles. The summed E-state index contributed by atoms with van der Waals surface area (Å²) in [5.41, 5.74) is -1.02. The van der Waals surface area contributed by atoms with Gasteiger partial charge in [0.05, 0.1) is 19.8 Å². The summed E-state index contributed by atoms with van der Waals surface area (Å²) in [6.45, 7) is 3.88. The molecular weight excluding hydrogens is 226 g/mol. The summed E-state index contributed by atoms with van der Waals surface area (Å²) >= 11 is 0. The van der Waals surface area contributed by atoms with Crippen LogP contribution in [0, 0.1) is 17.2 Å². The minimum Gasteiger partial charge on any atom is -0.465 e. The van der Waals surface area contributed by atoms with Crippen LogP contribution in [0.3, 0.4) is 0 Å². The Hall–Kier alpha value is -1.61. The first-order valence-corrected chi connectivity index (χ1v) is 5.47. The second-order valence-electron chi connectivity index (χ2n) is 3.66. The normalized spacial score (nSPS) is 21.8. The van der Waals surface area contributed by atoms with Gasteiger partial charge in [-0.25, -0.2) is 0 Å². The Balaban J connectivity index is 2.69. The second kappa shape index (κ2) is 5.64. The molecule has 1 rings (SSSR count). The van der Waals surface area contributed by atoms with Gasteiger partial charge in [0.1, 0.15) is 6.07 Å². The van der Waals surface area contributed by atoms with Crippen molar-refractivity contribution in [2.75, 3.05) is 19.8 Å². The average molecular weight is 241 g/mol. The minimum absolute atomic E-state index is 0.0127. The molecule has 6 nitrogen and oxygen atoms in total. The van der Waals surface area contributed by atoms with Crippen LogP contribution in [-0.2, 0) is 23.8 Å². The molecule has 1 atom stereocenters. The Bertz CT molecular complexity index is 324. The molecule has 0 saturated carbocycles. The lowest BCUT2D eigenvalue weighted by Crippen LogP contribution is -2.32. The minimum atomic E-state index is -1.09. The van der Waals surface area contributed by atoms with E-state index in [1.807, 2.05) is 6.07 Å². The molecule has 1 unspecified atom stereocenters. The highest BCUT2D eigenvalue weighted by Gasteiger charge is 2.50. The van der Waals surface area contributed by atoms with Gasteiger partial charge in [-0.1, -0.05) is 0 Å². The van der Waals surface area contributed by atoms with Crippen LogP contribution < -0.4 is 0 Å². The van der Waals surface area contributed by atoms with Crippen LogP contribution >= 0.6 is 0 Å². The Labute approximate surface area is 99.4 Å². The van der Waals surface area contributed by atoms with Crippen LogP contribution in [0.2, 0.25) is 0 Å². The van der Waals surface area contributed by atoms with E-state index >= 15 is 0 Å². The number of nitriles is 1. The lowest BCUT2D eigenvalue weighted by Gasteiger charge is -2.14. The summed E-state index contributed by atoms with van der Waals surface area (Å²) in [6.07, 6.45) is -0.0127. The standard InChI is InChI=1S/C11H15NO5/c1-3-15-9(13)8(10(14)16-4-2)5-11(6-12)7-17-11/h8H,3-5,7H2,1-2H3. The average Bonchev–Trinajstić information content (AvgIpc) is 3.07. The zero-order valence-corrected chi connectivity index (χ0v) is 9.89. The van der Waals surface area contributed by atoms with Gasteiger partial charge in [-0.3, -0.25) is 9.59 Å². The SMILES string of the molecule is CCOC(=O)C(CC1(C#N)CO1)C(=O)OCC. The number of rotatable bonds is 6. The van der Waals surface area contributed by atoms with Gasteiger partial charge in [0.15, 0.2) is 11.5 Å². The van der Waals surface area contributed by atoms with Gasteiger partial charge in [0, 0.05) is 6.42 Å². The van der Waals surface area contributed by atoms with Crippen LogP contribution in [-0.4, -0.2) is 37.4 Å². The number of ether oxygens (including phenoxy) is 3. The molecule has 0 aromatic carbocycles. The predicted octanol–water partition coefficient (Wildman–Crippen LogP) is 0.411. The van der Waals surface area contributed by atoms with Crippen LogP contribution in [0.25, 0.3) is 0 Å². The van der Waals surface area contributed by atoms with Gasteiger partial charge in [0.2, 0.25) is 0 Å². The molecule has 17 heavy (non-hydrogen) atoms. The lowest BCUT2D eigenvalue weighted by atomic mass is 9.96. The molecule has 1 heterocycles. The van der Waals surface area contributed by atoms with Crippen molar-refractivity contribution in [2.24, 2.45) is 5.92 Å². The molecule has 1 aliphatic heterocycles. The fourth-order valence-electron chi connectivity index (χ4n) is 1.39. The molecular formula is C11H15NO5. The maximum absolute atomic E-state index is 11.6. The van der Waals surface area contributed by atoms with E-state index in [1.165, 1.54) is 0 Å². The summed E-state index contributed by atoms with van der Waals surface area (Å²) in [6, 6.07) is 1.94. The van der Waals surface area contributed by atoms with Gasteiger partial charge >= 0.3 is 11.9 Å². The maximum Gasteiger partial charge on any atom is 0.320 e. The maximum atomic E-state index is 11.6. The molecule has 6 heteroatoms. The van der Waals surface area contributed by atoms with Gasteiger partial charge in [-0.05, 0) is 13.8 Å². The Morgan fingerprint density at radius 3 is 2.12 bits per heavy atom. The van der Waals surface area contributed by atoms with E-state index < -0.39 is 23.5 Å². The van der Waals surface area contributed by atoms with Crippen molar-refractivity contribution in [1.82, 2.24) is 0 Å². The summed E-state index contributed by atoms with van der Waals surface area (Å²) in [5, 5.41) is 8.85. The van der Waals surface area contributed by atoms with Crippen LogP contribution in [0.4, 0.5) is 0 Å². The van der Waals surface area contributed by atoms with Crippen molar-refractivity contribution in [2.45, 2.75) is 25.9 Å². The predicted molar refractivity (Wildman–Crippen MR) is 55.7 cm³/mol. The Kier molecular flexibility index (Phi) is 4.46. The first-order chi connectivity index (χ1) is 8.08. The zero-order valence-electron chi connectivity index (χ0n) is 9.89. The van der Waals surface area contributed by atoms with Gasteiger partial charge < -0.3 is 14.2 Å². The van der Waals surface area contributed by atoms with Crippen molar-refractivity contribution < 1.29 is 23.8 Å². The highest BCUT2D eigenvalue weighted by Crippen LogP contribution is 2.34. The van der Waals surface area contributed by atoms with Crippen molar-refractivity contribution in [3.63, 3.8) is 0 Å². The van der Waals surface area contributed by atoms with Crippen LogP contribution in [0.15, 0.2) is 0 Å². The molecule has 1 fully saturated rings. The second-order valence-corrected chi connectivity index (χ2v) is 3.66. The number of carbonyl (C=O) groups is 2. The first-order valence-electron chi connectivity index (χ1n) is 5.47. The smallest absolute Gasteiger partial charge is 0.320 e. The van der Waals surface area contributed by atoms with E-state index in [0.717, 1.165) is 0 Å². The van der Waals surface area contributed by atoms with E-state index in [4.69, 9.17) is 19.5 Å². The van der Waals surface area contributed by atoms with E-state index in [-0.39, 0.29) is 26.2 Å². The summed E-state index contributed by atoms with van der Waals surface area (Å²) < 4.78 is 14.5. The first kappa shape index (κ1) is 13.5. The van der Waals surface area contributed by atoms with E-state index in [1.54, 1.807) is 13.8 Å². The number of esters is 2. The molecule has 0 aromatic rings. The summed E-state index contributed by atoms with van der Waals surface area (Å²) in [5.74, 6) is -2.43. The van der Waals surface area contributed by atoms with Crippen molar-refractivity contribution in [1.29, 1.82) is 5.26 Å². The largest absolute Gasteiger partial charge is 0.465 e. The highest BCUT2D eigenvalue weighted by atomic mass is 16.6. The van der Waals surface area contributed by atoms with Gasteiger partial charge in [-0.2, -0.15) is 5.26 Å². The van der Waals surface area contributed by atoms with E-state index in [0.29, 0.717) is 0 Å². The number of carbonyl (C=O) groups excluding carboxylic acids is 2. The third kappa shape index (κ3) is 3.43. The molecule has 0 aromatic heterocycles. The number of nitrogens with zero attached hydrogens (tertiary/aromatic N) is 1. The van der Waals surface area contributed by atoms with E-state index in [2.05, 4.69) is 0 Å². The Morgan fingerprint density at radius 2 is 1.82 bits per heavy atom. The molecule has 0 N–H and O–H groups in total. The lowest BCUT2D eigenvalue weighted by molar-refractivity contribution is -0.162. The summed E-state index contributed by atoms with van der Waals surface area (Å²) in [7, 11) is 0. The van der Waals surface area contributed by atoms with Gasteiger partial charge in [-0.15, -0.1) is 0 Å². The molecule has 0 spiro atoms. The monoisotopic (exact) mass is 241 g/mol. The quantitative estimate of drug-likeness (QED) is 0.380. The number of epoxide rings is 1. The van der Waals surface area contributed by atoms with Crippen molar-refractivity contribution in [3.8, 4) is 6.07 Å². The molecule has 0 amide bonds. The van der Waals surface area contributed by atoms with E-state index in [9.17, 15) is 9.59 Å². The fraction of sp³-hybridized carbons (Fsp3) is 0.727. The fourth-order valence-corrected chi connectivity index (χ4v) is 1.39. The van der Waals surface area contributed by atoms with Crippen molar-refractivity contribution >= 4 is 11.9 Å². The molecule has 1 saturated heterocycles. The number of hydrogen-bond donors (Lipinski definition) is 0. The van der Waals surface area contributed by atoms with Crippen molar-refractivity contribution in [3.05, 3.63) is 0 Å². The van der Waals surface area contributed by atoms with Crippen LogP contribution in [0.5, 0.6) is 0 Å². The molecule has 94 valence electrons. The highest BCUT2D eigenvalue weighted by molar-refractivity contribution is 5.95. The third-order valence-electron chi connectivity index (χ3n) is 2.37.